The molecule has 0 bridgehead atoms. The highest BCUT2D eigenvalue weighted by atomic mass is 16.3. The minimum absolute atomic E-state index is 0.199. The fourth-order valence-electron chi connectivity index (χ4n) is 4.41. The molecule has 5 rings (SSSR count). The second kappa shape index (κ2) is 8.18. The number of aliphatic hydroxyl groups is 1. The summed E-state index contributed by atoms with van der Waals surface area (Å²) < 4.78 is 6.24. The van der Waals surface area contributed by atoms with Crippen LogP contribution in [0.5, 0.6) is 0 Å². The predicted octanol–water partition coefficient (Wildman–Crippen LogP) is 0.274. The third kappa shape index (κ3) is 3.66. The Labute approximate surface area is 188 Å². The highest BCUT2D eigenvalue weighted by Gasteiger charge is 2.25. The van der Waals surface area contributed by atoms with E-state index in [1.54, 1.807) is 17.9 Å². The molecule has 33 heavy (non-hydrogen) atoms. The highest BCUT2D eigenvalue weighted by Crippen LogP contribution is 2.13. The van der Waals surface area contributed by atoms with E-state index in [1.165, 1.54) is 17.2 Å². The van der Waals surface area contributed by atoms with Crippen LogP contribution in [0.4, 0.5) is 0 Å². The van der Waals surface area contributed by atoms with Crippen LogP contribution >= 0.6 is 0 Å². The summed E-state index contributed by atoms with van der Waals surface area (Å²) >= 11 is 0. The van der Waals surface area contributed by atoms with Gasteiger partial charge in [0.2, 0.25) is 6.33 Å². The van der Waals surface area contributed by atoms with Crippen LogP contribution in [-0.2, 0) is 33.6 Å². The molecule has 9 heteroatoms. The van der Waals surface area contributed by atoms with Gasteiger partial charge in [-0.05, 0) is 17.7 Å². The van der Waals surface area contributed by atoms with Gasteiger partial charge < -0.3 is 5.11 Å². The van der Waals surface area contributed by atoms with Crippen molar-refractivity contribution in [1.82, 2.24) is 19.1 Å². The van der Waals surface area contributed by atoms with E-state index >= 15 is 0 Å². The van der Waals surface area contributed by atoms with Crippen LogP contribution < -0.4 is 20.4 Å². The van der Waals surface area contributed by atoms with Crippen molar-refractivity contribution in [1.29, 1.82) is 0 Å². The van der Waals surface area contributed by atoms with Gasteiger partial charge >= 0.3 is 11.2 Å². The molecule has 0 amide bonds. The zero-order valence-corrected chi connectivity index (χ0v) is 18.5. The molecule has 5 aromatic rings. The summed E-state index contributed by atoms with van der Waals surface area (Å²) in [6.07, 6.45) is 1.56. The summed E-state index contributed by atoms with van der Waals surface area (Å²) in [5.74, 6) is 0.990. The Morgan fingerprint density at radius 3 is 2.48 bits per heavy atom. The molecular weight excluding hydrogens is 420 g/mol. The van der Waals surface area contributed by atoms with E-state index < -0.39 is 17.4 Å². The van der Waals surface area contributed by atoms with Gasteiger partial charge in [0.25, 0.3) is 17.0 Å². The molecule has 1 unspecified atom stereocenters. The molecule has 0 spiro atoms. The molecule has 0 saturated heterocycles. The molecule has 9 nitrogen and oxygen atoms in total. The number of para-hydroxylation sites is 2. The Hall–Kier alpha value is -3.98. The lowest BCUT2D eigenvalue weighted by molar-refractivity contribution is -0.717. The zero-order valence-electron chi connectivity index (χ0n) is 18.5. The lowest BCUT2D eigenvalue weighted by Crippen LogP contribution is -2.50. The van der Waals surface area contributed by atoms with Gasteiger partial charge in [0.1, 0.15) is 19.2 Å². The van der Waals surface area contributed by atoms with Gasteiger partial charge in [-0.1, -0.05) is 42.5 Å². The second-order valence-electron chi connectivity index (χ2n) is 8.34. The number of aromatic amines is 2. The fraction of sp³-hybridized carbons (Fsp3) is 0.250. The monoisotopic (exact) mass is 446 g/mol. The molecule has 3 heterocycles. The van der Waals surface area contributed by atoms with E-state index in [1.807, 2.05) is 42.5 Å². The molecule has 168 valence electrons. The van der Waals surface area contributed by atoms with Crippen LogP contribution in [0.3, 0.4) is 0 Å². The molecule has 3 N–H and O–H groups in total. The van der Waals surface area contributed by atoms with Crippen LogP contribution in [0.15, 0.2) is 70.5 Å². The average Bonchev–Trinajstić information content (AvgIpc) is 3.38. The predicted molar refractivity (Wildman–Crippen MR) is 123 cm³/mol. The number of rotatable bonds is 6. The molecule has 0 saturated carbocycles. The van der Waals surface area contributed by atoms with Crippen molar-refractivity contribution < 1.29 is 14.2 Å². The van der Waals surface area contributed by atoms with Gasteiger partial charge in [0.05, 0.1) is 6.42 Å². The summed E-state index contributed by atoms with van der Waals surface area (Å²) in [7, 11) is 3.06. The number of hydrogen-bond donors (Lipinski definition) is 3. The summed E-state index contributed by atoms with van der Waals surface area (Å²) in [5.41, 5.74) is 3.16. The number of hydrogen-bond acceptors (Lipinski definition) is 3. The third-order valence-electron chi connectivity index (χ3n) is 6.10. The Kier molecular flexibility index (Phi) is 5.18. The lowest BCUT2D eigenvalue weighted by atomic mass is 10.1. The summed E-state index contributed by atoms with van der Waals surface area (Å²) in [6.45, 7) is 0.544. The highest BCUT2D eigenvalue weighted by molar-refractivity contribution is 5.71. The molecule has 0 aliphatic rings. The van der Waals surface area contributed by atoms with Crippen molar-refractivity contribution in [2.45, 2.75) is 25.6 Å². The zero-order chi connectivity index (χ0) is 23.1. The number of aromatic nitrogens is 6. The first-order valence-corrected chi connectivity index (χ1v) is 10.8. The van der Waals surface area contributed by atoms with Gasteiger partial charge in [-0.15, -0.1) is 0 Å². The van der Waals surface area contributed by atoms with E-state index in [0.717, 1.165) is 21.4 Å². The molecule has 0 aliphatic heterocycles. The van der Waals surface area contributed by atoms with Crippen LogP contribution in [0, 0.1) is 0 Å². The van der Waals surface area contributed by atoms with Crippen molar-refractivity contribution in [2.75, 3.05) is 0 Å². The van der Waals surface area contributed by atoms with Gasteiger partial charge in [0.15, 0.2) is 11.0 Å². The maximum Gasteiger partial charge on any atom is 0.333 e. The first kappa shape index (κ1) is 20.9. The number of H-pyrrole nitrogens is 2. The largest absolute Gasteiger partial charge is 0.385 e. The number of fused-ring (bicyclic) bond motifs is 2. The van der Waals surface area contributed by atoms with E-state index in [4.69, 9.17) is 0 Å². The van der Waals surface area contributed by atoms with Crippen LogP contribution in [0.2, 0.25) is 0 Å². The number of aliphatic hydroxyl groups excluding tert-OH is 1. The maximum absolute atomic E-state index is 12.7. The Balaban J connectivity index is 1.49. The summed E-state index contributed by atoms with van der Waals surface area (Å²) in [6, 6.07) is 18.2. The minimum Gasteiger partial charge on any atom is -0.385 e. The Bertz CT molecular complexity index is 1580. The van der Waals surface area contributed by atoms with Crippen molar-refractivity contribution in [3.8, 4) is 0 Å². The normalized spacial score (nSPS) is 12.6. The minimum atomic E-state index is -0.769. The van der Waals surface area contributed by atoms with E-state index in [-0.39, 0.29) is 6.54 Å². The van der Waals surface area contributed by atoms with Crippen molar-refractivity contribution >= 4 is 22.2 Å². The average molecular weight is 447 g/mol. The summed E-state index contributed by atoms with van der Waals surface area (Å²) in [4.78, 5) is 31.4. The number of aryl methyl sites for hydroxylation is 1. The van der Waals surface area contributed by atoms with Crippen LogP contribution in [0.1, 0.15) is 11.4 Å². The number of benzene rings is 2. The summed E-state index contributed by atoms with van der Waals surface area (Å²) in [5, 5.41) is 11.0. The molecule has 0 aliphatic carbocycles. The molecule has 3 aromatic heterocycles. The SMILES string of the molecule is Cn1c(=O)c2c([nH]c[n+]2CC(O)C[n+]2c(Cc3ccccc3)[nH]c3ccccc32)n(C)c1=O. The van der Waals surface area contributed by atoms with Gasteiger partial charge in [-0.3, -0.25) is 13.9 Å². The van der Waals surface area contributed by atoms with Crippen molar-refractivity contribution in [2.24, 2.45) is 14.1 Å². The van der Waals surface area contributed by atoms with Crippen LogP contribution in [-0.4, -0.2) is 30.3 Å². The smallest absolute Gasteiger partial charge is 0.333 e. The molecule has 0 fully saturated rings. The fourth-order valence-corrected chi connectivity index (χ4v) is 4.41. The van der Waals surface area contributed by atoms with Crippen molar-refractivity contribution in [3.05, 3.63) is 93.2 Å². The Morgan fingerprint density at radius 2 is 1.70 bits per heavy atom. The second-order valence-corrected chi connectivity index (χ2v) is 8.34. The Morgan fingerprint density at radius 1 is 0.970 bits per heavy atom. The number of nitrogens with one attached hydrogen (secondary N) is 2. The quantitative estimate of drug-likeness (QED) is 0.326. The number of imidazole rings is 2. The number of nitrogens with zero attached hydrogens (tertiary/aromatic N) is 4. The standard InChI is InChI=1S/C24H24N6O3/c1-27-22-21(23(32)28(2)24(27)33)29(15-25-22)13-17(31)14-30-19-11-7-6-10-18(19)26-20(30)12-16-8-4-3-5-9-16/h3-11,15,17,31H,12-14H2,1-2H3/p+2. The first-order valence-electron chi connectivity index (χ1n) is 10.8. The molecule has 0 radical (unpaired) electrons. The molecule has 1 atom stereocenters. The molecule has 2 aromatic carbocycles. The van der Waals surface area contributed by atoms with E-state index in [0.29, 0.717) is 24.1 Å². The lowest BCUT2D eigenvalue weighted by Gasteiger charge is -2.09. The molecular formula is C24H26N6O3+2. The third-order valence-corrected chi connectivity index (χ3v) is 6.10. The van der Waals surface area contributed by atoms with Crippen molar-refractivity contribution in [3.63, 3.8) is 0 Å². The first-order chi connectivity index (χ1) is 15.9. The van der Waals surface area contributed by atoms with Crippen LogP contribution in [0.25, 0.3) is 22.2 Å². The van der Waals surface area contributed by atoms with Gasteiger partial charge in [-0.25, -0.2) is 23.9 Å². The van der Waals surface area contributed by atoms with Gasteiger partial charge in [0, 0.05) is 14.1 Å². The van der Waals surface area contributed by atoms with Gasteiger partial charge in [-0.2, -0.15) is 0 Å². The van der Waals surface area contributed by atoms with E-state index in [9.17, 15) is 14.7 Å². The topological polar surface area (TPSA) is 104 Å². The maximum atomic E-state index is 12.7. The van der Waals surface area contributed by atoms with E-state index in [2.05, 4.69) is 26.7 Å².